The van der Waals surface area contributed by atoms with E-state index in [1.807, 2.05) is 11.3 Å². The topological polar surface area (TPSA) is 21.3 Å². The zero-order chi connectivity index (χ0) is 14.1. The number of nitrogens with one attached hydrogen (secondary N) is 1. The Morgan fingerprint density at radius 3 is 3.10 bits per heavy atom. The molecule has 1 saturated heterocycles. The number of thiophene rings is 1. The number of hydrogen-bond donors (Lipinski definition) is 1. The van der Waals surface area contributed by atoms with Gasteiger partial charge in [-0.05, 0) is 58.2 Å². The van der Waals surface area contributed by atoms with Crippen LogP contribution in [0.5, 0.6) is 0 Å². The highest BCUT2D eigenvalue weighted by Gasteiger charge is 2.34. The van der Waals surface area contributed by atoms with E-state index >= 15 is 0 Å². The molecule has 1 N–H and O–H groups in total. The summed E-state index contributed by atoms with van der Waals surface area (Å²) in [7, 11) is 2.07. The van der Waals surface area contributed by atoms with Gasteiger partial charge >= 0.3 is 0 Å². The van der Waals surface area contributed by atoms with Gasteiger partial charge in [0.2, 0.25) is 0 Å². The summed E-state index contributed by atoms with van der Waals surface area (Å²) in [5.41, 5.74) is 1.42. The van der Waals surface area contributed by atoms with Gasteiger partial charge in [-0.15, -0.1) is 11.3 Å². The van der Waals surface area contributed by atoms with Gasteiger partial charge in [0, 0.05) is 27.7 Å². The van der Waals surface area contributed by atoms with Gasteiger partial charge in [0.05, 0.1) is 6.10 Å². The summed E-state index contributed by atoms with van der Waals surface area (Å²) >= 11 is 5.48. The first-order valence-electron chi connectivity index (χ1n) is 7.20. The molecule has 2 aromatic rings. The Bertz CT molecular complexity index is 597. The molecule has 20 heavy (non-hydrogen) atoms. The summed E-state index contributed by atoms with van der Waals surface area (Å²) in [5, 5.41) is 7.21. The van der Waals surface area contributed by atoms with Crippen molar-refractivity contribution in [1.29, 1.82) is 0 Å². The molecule has 1 aliphatic rings. The zero-order valence-corrected chi connectivity index (χ0v) is 14.3. The molecular weight excluding hydrogens is 334 g/mol. The minimum atomic E-state index is 0.380. The molecule has 108 valence electrons. The lowest BCUT2D eigenvalue weighted by atomic mass is 9.86. The smallest absolute Gasteiger partial charge is 0.0619 e. The Hall–Kier alpha value is -0.420. The average Bonchev–Trinajstić information content (AvgIpc) is 3.08. The summed E-state index contributed by atoms with van der Waals surface area (Å²) in [5.74, 6) is 0.571. The summed E-state index contributed by atoms with van der Waals surface area (Å²) < 4.78 is 8.42. The molecule has 4 heteroatoms. The van der Waals surface area contributed by atoms with Crippen molar-refractivity contribution in [3.05, 3.63) is 33.6 Å². The molecule has 2 heterocycles. The lowest BCUT2D eigenvalue weighted by Crippen LogP contribution is -2.30. The summed E-state index contributed by atoms with van der Waals surface area (Å²) in [6.07, 6.45) is 2.62. The molecular formula is C16H20BrNOS. The third-order valence-electron chi connectivity index (χ3n) is 4.32. The first kappa shape index (κ1) is 14.5. The van der Waals surface area contributed by atoms with Crippen LogP contribution in [-0.4, -0.2) is 19.8 Å². The molecule has 0 saturated carbocycles. The highest BCUT2D eigenvalue weighted by molar-refractivity contribution is 9.10. The van der Waals surface area contributed by atoms with Crippen molar-refractivity contribution in [3.8, 4) is 0 Å². The largest absolute Gasteiger partial charge is 0.378 e. The molecule has 0 amide bonds. The van der Waals surface area contributed by atoms with E-state index < -0.39 is 0 Å². The van der Waals surface area contributed by atoms with Gasteiger partial charge in [-0.25, -0.2) is 0 Å². The fourth-order valence-electron chi connectivity index (χ4n) is 3.35. The van der Waals surface area contributed by atoms with Crippen LogP contribution in [0.4, 0.5) is 0 Å². The van der Waals surface area contributed by atoms with Gasteiger partial charge in [0.15, 0.2) is 0 Å². The molecule has 0 spiro atoms. The number of benzene rings is 1. The summed E-state index contributed by atoms with van der Waals surface area (Å²) in [4.78, 5) is 0. The Kier molecular flexibility index (Phi) is 4.46. The van der Waals surface area contributed by atoms with Crippen molar-refractivity contribution in [2.24, 2.45) is 5.92 Å². The van der Waals surface area contributed by atoms with E-state index in [1.54, 1.807) is 0 Å². The monoisotopic (exact) mass is 353 g/mol. The van der Waals surface area contributed by atoms with Crippen LogP contribution in [0.2, 0.25) is 0 Å². The lowest BCUT2D eigenvalue weighted by molar-refractivity contribution is 0.0784. The molecule has 0 radical (unpaired) electrons. The molecule has 3 rings (SSSR count). The standard InChI is InChI=1S/C16H20BrNOS/c1-3-14-11(7-8-19-14)15(18-2)12-9-20-16-10(12)5-4-6-13(16)17/h4-6,9,11,14-15,18H,3,7-8H2,1-2H3. The van der Waals surface area contributed by atoms with E-state index in [1.165, 1.54) is 20.1 Å². The van der Waals surface area contributed by atoms with Crippen LogP contribution in [0.15, 0.2) is 28.1 Å². The fourth-order valence-corrected chi connectivity index (χ4v) is 5.01. The van der Waals surface area contributed by atoms with Crippen molar-refractivity contribution >= 4 is 37.4 Å². The van der Waals surface area contributed by atoms with E-state index in [9.17, 15) is 0 Å². The van der Waals surface area contributed by atoms with Crippen molar-refractivity contribution in [3.63, 3.8) is 0 Å². The van der Waals surface area contributed by atoms with Crippen molar-refractivity contribution < 1.29 is 4.74 Å². The second kappa shape index (κ2) is 6.14. The SMILES string of the molecule is CCC1OCCC1C(NC)c1csc2c(Br)cccc12. The van der Waals surface area contributed by atoms with Gasteiger partial charge in [-0.1, -0.05) is 19.1 Å². The van der Waals surface area contributed by atoms with E-state index in [0.29, 0.717) is 18.1 Å². The Balaban J connectivity index is 2.01. The summed E-state index contributed by atoms with van der Waals surface area (Å²) in [6.45, 7) is 3.12. The van der Waals surface area contributed by atoms with Gasteiger partial charge in [-0.3, -0.25) is 0 Å². The predicted molar refractivity (Wildman–Crippen MR) is 89.5 cm³/mol. The average molecular weight is 354 g/mol. The van der Waals surface area contributed by atoms with E-state index in [2.05, 4.69) is 58.8 Å². The van der Waals surface area contributed by atoms with Crippen molar-refractivity contribution in [2.75, 3.05) is 13.7 Å². The second-order valence-electron chi connectivity index (χ2n) is 5.34. The predicted octanol–water partition coefficient (Wildman–Crippen LogP) is 4.74. The van der Waals surface area contributed by atoms with Gasteiger partial charge in [0.1, 0.15) is 0 Å². The van der Waals surface area contributed by atoms with Crippen LogP contribution in [-0.2, 0) is 4.74 Å². The molecule has 3 unspecified atom stereocenters. The van der Waals surface area contributed by atoms with Crippen LogP contribution in [0, 0.1) is 5.92 Å². The Labute approximate surface area is 132 Å². The van der Waals surface area contributed by atoms with Crippen LogP contribution >= 0.6 is 27.3 Å². The molecule has 3 atom stereocenters. The molecule has 2 nitrogen and oxygen atoms in total. The third-order valence-corrected chi connectivity index (χ3v) is 6.29. The molecule has 0 bridgehead atoms. The van der Waals surface area contributed by atoms with Crippen LogP contribution in [0.3, 0.4) is 0 Å². The Morgan fingerprint density at radius 2 is 2.35 bits per heavy atom. The number of halogens is 1. The van der Waals surface area contributed by atoms with Gasteiger partial charge in [0.25, 0.3) is 0 Å². The zero-order valence-electron chi connectivity index (χ0n) is 11.9. The molecule has 1 fully saturated rings. The molecule has 1 aliphatic heterocycles. The number of ether oxygens (including phenoxy) is 1. The number of fused-ring (bicyclic) bond motifs is 1. The highest BCUT2D eigenvalue weighted by Crippen LogP contribution is 2.41. The minimum Gasteiger partial charge on any atom is -0.378 e. The van der Waals surface area contributed by atoms with Crippen LogP contribution < -0.4 is 5.32 Å². The Morgan fingerprint density at radius 1 is 1.50 bits per heavy atom. The molecule has 0 aliphatic carbocycles. The van der Waals surface area contributed by atoms with E-state index in [4.69, 9.17) is 4.74 Å². The fraction of sp³-hybridized carbons (Fsp3) is 0.500. The third kappa shape index (κ3) is 2.43. The summed E-state index contributed by atoms with van der Waals surface area (Å²) in [6, 6.07) is 6.85. The first-order valence-corrected chi connectivity index (χ1v) is 8.88. The quantitative estimate of drug-likeness (QED) is 0.856. The molecule has 1 aromatic heterocycles. The lowest BCUT2D eigenvalue weighted by Gasteiger charge is -2.26. The normalized spacial score (nSPS) is 24.4. The highest BCUT2D eigenvalue weighted by atomic mass is 79.9. The van der Waals surface area contributed by atoms with Crippen LogP contribution in [0.25, 0.3) is 10.1 Å². The van der Waals surface area contributed by atoms with Crippen molar-refractivity contribution in [2.45, 2.75) is 31.9 Å². The van der Waals surface area contributed by atoms with Crippen LogP contribution in [0.1, 0.15) is 31.4 Å². The van der Waals surface area contributed by atoms with Gasteiger partial charge in [-0.2, -0.15) is 0 Å². The maximum Gasteiger partial charge on any atom is 0.0619 e. The number of rotatable bonds is 4. The second-order valence-corrected chi connectivity index (χ2v) is 7.08. The maximum absolute atomic E-state index is 5.89. The maximum atomic E-state index is 5.89. The van der Waals surface area contributed by atoms with E-state index in [0.717, 1.165) is 19.4 Å². The van der Waals surface area contributed by atoms with E-state index in [-0.39, 0.29) is 0 Å². The van der Waals surface area contributed by atoms with Crippen molar-refractivity contribution in [1.82, 2.24) is 5.32 Å². The first-order chi connectivity index (χ1) is 9.76. The number of hydrogen-bond acceptors (Lipinski definition) is 3. The minimum absolute atomic E-state index is 0.380. The van der Waals surface area contributed by atoms with Gasteiger partial charge < -0.3 is 10.1 Å². The molecule has 1 aromatic carbocycles.